The summed E-state index contributed by atoms with van der Waals surface area (Å²) in [6, 6.07) is 8.28. The molecule has 2 N–H and O–H groups in total. The molecule has 2 aromatic rings. The van der Waals surface area contributed by atoms with E-state index < -0.39 is 42.5 Å². The minimum absolute atomic E-state index is 0.125. The van der Waals surface area contributed by atoms with Crippen molar-refractivity contribution in [1.82, 2.24) is 14.3 Å². The molecule has 0 radical (unpaired) electrons. The first-order chi connectivity index (χ1) is 15.0. The van der Waals surface area contributed by atoms with Crippen LogP contribution >= 0.6 is 0 Å². The molecule has 0 heterocycles. The fraction of sp³-hybridized carbons (Fsp3) is 0.350. The molecule has 0 saturated heterocycles. The molecular formula is C20H25F2N3O5S2. The zero-order chi connectivity index (χ0) is 23.9. The van der Waals surface area contributed by atoms with E-state index in [2.05, 4.69) is 10.0 Å². The monoisotopic (exact) mass is 489 g/mol. The summed E-state index contributed by atoms with van der Waals surface area (Å²) in [7, 11) is -7.66. The molecule has 12 heteroatoms. The second-order valence-corrected chi connectivity index (χ2v) is 10.4. The average molecular weight is 490 g/mol. The van der Waals surface area contributed by atoms with Crippen LogP contribution in [0.3, 0.4) is 0 Å². The minimum Gasteiger partial charge on any atom is -0.352 e. The number of sulfonamides is 2. The standard InChI is InChI=1S/C20H25F2N3O5S2/c1-3-25(4-2)32(29,30)16-7-5-15(6-8-16)14-23-20(26)11-12-24-31(27,28)17-9-10-18(21)19(22)13-17/h5-10,13,24H,3-4,11-12,14H2,1-2H3,(H,23,26). The lowest BCUT2D eigenvalue weighted by Crippen LogP contribution is -2.31. The average Bonchev–Trinajstić information content (AvgIpc) is 2.75. The van der Waals surface area contributed by atoms with Crippen molar-refractivity contribution >= 4 is 26.0 Å². The molecular weight excluding hydrogens is 464 g/mol. The summed E-state index contributed by atoms with van der Waals surface area (Å²) in [6.07, 6.45) is -0.183. The van der Waals surface area contributed by atoms with Gasteiger partial charge in [0.2, 0.25) is 26.0 Å². The first-order valence-corrected chi connectivity index (χ1v) is 12.7. The zero-order valence-corrected chi connectivity index (χ0v) is 19.3. The van der Waals surface area contributed by atoms with Gasteiger partial charge in [-0.25, -0.2) is 30.3 Å². The summed E-state index contributed by atoms with van der Waals surface area (Å²) in [5, 5.41) is 2.60. The molecule has 0 spiro atoms. The Morgan fingerprint density at radius 1 is 0.906 bits per heavy atom. The topological polar surface area (TPSA) is 113 Å². The number of nitrogens with zero attached hydrogens (tertiary/aromatic N) is 1. The van der Waals surface area contributed by atoms with Gasteiger partial charge in [-0.3, -0.25) is 4.79 Å². The quantitative estimate of drug-likeness (QED) is 0.501. The molecule has 0 aliphatic heterocycles. The number of hydrogen-bond acceptors (Lipinski definition) is 5. The Kier molecular flexibility index (Phi) is 8.84. The number of benzene rings is 2. The van der Waals surface area contributed by atoms with Gasteiger partial charge in [0.05, 0.1) is 9.79 Å². The maximum atomic E-state index is 13.2. The lowest BCUT2D eigenvalue weighted by molar-refractivity contribution is -0.121. The van der Waals surface area contributed by atoms with Crippen molar-refractivity contribution in [2.24, 2.45) is 0 Å². The van der Waals surface area contributed by atoms with Crippen LogP contribution in [0.2, 0.25) is 0 Å². The molecule has 0 saturated carbocycles. The van der Waals surface area contributed by atoms with Crippen molar-refractivity contribution < 1.29 is 30.4 Å². The summed E-state index contributed by atoms with van der Waals surface area (Å²) in [5.41, 5.74) is 0.666. The van der Waals surface area contributed by atoms with Gasteiger partial charge in [0.1, 0.15) is 0 Å². The van der Waals surface area contributed by atoms with Crippen LogP contribution in [0, 0.1) is 11.6 Å². The highest BCUT2D eigenvalue weighted by atomic mass is 32.2. The smallest absolute Gasteiger partial charge is 0.243 e. The summed E-state index contributed by atoms with van der Waals surface area (Å²) in [6.45, 7) is 4.10. The highest BCUT2D eigenvalue weighted by molar-refractivity contribution is 7.89. The van der Waals surface area contributed by atoms with E-state index in [0.29, 0.717) is 30.8 Å². The lowest BCUT2D eigenvalue weighted by atomic mass is 10.2. The maximum Gasteiger partial charge on any atom is 0.243 e. The van der Waals surface area contributed by atoms with Crippen molar-refractivity contribution in [2.75, 3.05) is 19.6 Å². The highest BCUT2D eigenvalue weighted by Gasteiger charge is 2.21. The number of halogens is 2. The molecule has 2 aromatic carbocycles. The summed E-state index contributed by atoms with van der Waals surface area (Å²) in [5.74, 6) is -2.90. The zero-order valence-electron chi connectivity index (χ0n) is 17.6. The molecule has 8 nitrogen and oxygen atoms in total. The Labute approximate surface area is 186 Å². The van der Waals surface area contributed by atoms with E-state index in [1.807, 2.05) is 0 Å². The Balaban J connectivity index is 1.86. The largest absolute Gasteiger partial charge is 0.352 e. The van der Waals surface area contributed by atoms with Gasteiger partial charge in [0.15, 0.2) is 11.6 Å². The fourth-order valence-electron chi connectivity index (χ4n) is 2.81. The second kappa shape index (κ2) is 10.9. The van der Waals surface area contributed by atoms with Gasteiger partial charge in [0.25, 0.3) is 0 Å². The SMILES string of the molecule is CCN(CC)S(=O)(=O)c1ccc(CNC(=O)CCNS(=O)(=O)c2ccc(F)c(F)c2)cc1. The number of carbonyl (C=O) groups excluding carboxylic acids is 1. The predicted molar refractivity (Wildman–Crippen MR) is 115 cm³/mol. The van der Waals surface area contributed by atoms with Crippen LogP contribution in [-0.2, 0) is 31.4 Å². The van der Waals surface area contributed by atoms with Gasteiger partial charge >= 0.3 is 0 Å². The van der Waals surface area contributed by atoms with Crippen molar-refractivity contribution in [1.29, 1.82) is 0 Å². The van der Waals surface area contributed by atoms with Crippen LogP contribution in [0.25, 0.3) is 0 Å². The second-order valence-electron chi connectivity index (χ2n) is 6.73. The van der Waals surface area contributed by atoms with Gasteiger partial charge < -0.3 is 5.32 Å². The van der Waals surface area contributed by atoms with Gasteiger partial charge in [-0.1, -0.05) is 26.0 Å². The molecule has 0 aliphatic rings. The number of rotatable bonds is 11. The van der Waals surface area contributed by atoms with Gasteiger partial charge in [-0.15, -0.1) is 0 Å². The van der Waals surface area contributed by atoms with Crippen LogP contribution in [-0.4, -0.2) is 46.7 Å². The number of nitrogens with one attached hydrogen (secondary N) is 2. The lowest BCUT2D eigenvalue weighted by Gasteiger charge is -2.18. The van der Waals surface area contributed by atoms with E-state index in [4.69, 9.17) is 0 Å². The van der Waals surface area contributed by atoms with Gasteiger partial charge in [0, 0.05) is 32.6 Å². The molecule has 0 bridgehead atoms. The molecule has 0 atom stereocenters. The molecule has 1 amide bonds. The molecule has 0 aromatic heterocycles. The third-order valence-electron chi connectivity index (χ3n) is 4.60. The first kappa shape index (κ1) is 25.8. The Morgan fingerprint density at radius 3 is 2.06 bits per heavy atom. The Hall–Kier alpha value is -2.41. The van der Waals surface area contributed by atoms with Gasteiger partial charge in [-0.2, -0.15) is 4.31 Å². The van der Waals surface area contributed by atoms with Gasteiger partial charge in [-0.05, 0) is 35.9 Å². The number of carbonyl (C=O) groups is 1. The molecule has 0 unspecified atom stereocenters. The first-order valence-electron chi connectivity index (χ1n) is 9.81. The third kappa shape index (κ3) is 6.55. The summed E-state index contributed by atoms with van der Waals surface area (Å²) >= 11 is 0. The van der Waals surface area contributed by atoms with Crippen LogP contribution in [0.15, 0.2) is 52.3 Å². The molecule has 0 fully saturated rings. The van der Waals surface area contributed by atoms with Crippen molar-refractivity contribution in [3.63, 3.8) is 0 Å². The van der Waals surface area contributed by atoms with Crippen molar-refractivity contribution in [3.8, 4) is 0 Å². The molecule has 0 aliphatic carbocycles. The van der Waals surface area contributed by atoms with E-state index in [-0.39, 0.29) is 24.4 Å². The Morgan fingerprint density at radius 2 is 1.50 bits per heavy atom. The van der Waals surface area contributed by atoms with Crippen molar-refractivity contribution in [3.05, 3.63) is 59.7 Å². The van der Waals surface area contributed by atoms with Crippen LogP contribution in [0.5, 0.6) is 0 Å². The molecule has 2 rings (SSSR count). The molecule has 32 heavy (non-hydrogen) atoms. The van der Waals surface area contributed by atoms with E-state index >= 15 is 0 Å². The Bertz CT molecular complexity index is 1150. The number of amides is 1. The number of hydrogen-bond donors (Lipinski definition) is 2. The van der Waals surface area contributed by atoms with E-state index in [9.17, 15) is 30.4 Å². The van der Waals surface area contributed by atoms with Crippen LogP contribution < -0.4 is 10.0 Å². The third-order valence-corrected chi connectivity index (χ3v) is 8.12. The van der Waals surface area contributed by atoms with E-state index in [0.717, 1.165) is 6.07 Å². The van der Waals surface area contributed by atoms with E-state index in [1.54, 1.807) is 26.0 Å². The predicted octanol–water partition coefficient (Wildman–Crippen LogP) is 1.98. The van der Waals surface area contributed by atoms with Crippen LogP contribution in [0.4, 0.5) is 8.78 Å². The molecule has 176 valence electrons. The fourth-order valence-corrected chi connectivity index (χ4v) is 5.31. The summed E-state index contributed by atoms with van der Waals surface area (Å²) in [4.78, 5) is 11.7. The van der Waals surface area contributed by atoms with Crippen LogP contribution in [0.1, 0.15) is 25.8 Å². The normalized spacial score (nSPS) is 12.2. The minimum atomic E-state index is -4.09. The maximum absolute atomic E-state index is 13.2. The van der Waals surface area contributed by atoms with E-state index in [1.165, 1.54) is 16.4 Å². The summed E-state index contributed by atoms with van der Waals surface area (Å²) < 4.78 is 78.7. The highest BCUT2D eigenvalue weighted by Crippen LogP contribution is 2.16. The van der Waals surface area contributed by atoms with Crippen molar-refractivity contribution in [2.45, 2.75) is 36.6 Å².